The zero-order valence-electron chi connectivity index (χ0n) is 15.0. The molecular formula is C21H24N2O3. The van der Waals surface area contributed by atoms with Crippen LogP contribution < -0.4 is 10.6 Å². The predicted octanol–water partition coefficient (Wildman–Crippen LogP) is 3.98. The third-order valence-corrected chi connectivity index (χ3v) is 4.52. The molecule has 1 fully saturated rings. The number of aliphatic hydroxyl groups is 1. The Labute approximate surface area is 153 Å². The maximum atomic E-state index is 12.5. The monoisotopic (exact) mass is 352 g/mol. The van der Waals surface area contributed by atoms with Gasteiger partial charge < -0.3 is 15.7 Å². The SMILES string of the molecule is CC(C)[C@@H](O)c1ccccc1NC(=O)c1ccc(NC(=O)C2CC2)cc1. The summed E-state index contributed by atoms with van der Waals surface area (Å²) in [6, 6.07) is 14.1. The highest BCUT2D eigenvalue weighted by molar-refractivity contribution is 6.05. The van der Waals surface area contributed by atoms with Crippen molar-refractivity contribution < 1.29 is 14.7 Å². The van der Waals surface area contributed by atoms with Crippen molar-refractivity contribution in [2.75, 3.05) is 10.6 Å². The first-order valence-electron chi connectivity index (χ1n) is 8.95. The van der Waals surface area contributed by atoms with Crippen molar-refractivity contribution in [1.82, 2.24) is 0 Å². The number of para-hydroxylation sites is 1. The lowest BCUT2D eigenvalue weighted by Gasteiger charge is -2.19. The van der Waals surface area contributed by atoms with E-state index >= 15 is 0 Å². The van der Waals surface area contributed by atoms with E-state index in [1.807, 2.05) is 32.0 Å². The molecule has 1 saturated carbocycles. The van der Waals surface area contributed by atoms with Gasteiger partial charge in [-0.15, -0.1) is 0 Å². The summed E-state index contributed by atoms with van der Waals surface area (Å²) in [6.45, 7) is 3.86. The molecule has 2 amide bonds. The molecule has 1 atom stereocenters. The molecular weight excluding hydrogens is 328 g/mol. The number of anilines is 2. The molecule has 5 heteroatoms. The molecule has 0 aromatic heterocycles. The van der Waals surface area contributed by atoms with E-state index in [1.54, 1.807) is 30.3 Å². The van der Waals surface area contributed by atoms with Gasteiger partial charge in [0.1, 0.15) is 0 Å². The number of rotatable bonds is 6. The summed E-state index contributed by atoms with van der Waals surface area (Å²) in [5.74, 6) is -0.0310. The van der Waals surface area contributed by atoms with Crippen LogP contribution >= 0.6 is 0 Å². The molecule has 0 heterocycles. The highest BCUT2D eigenvalue weighted by Crippen LogP contribution is 2.30. The number of hydrogen-bond acceptors (Lipinski definition) is 3. The second-order valence-electron chi connectivity index (χ2n) is 7.07. The van der Waals surface area contributed by atoms with Crippen LogP contribution in [0.4, 0.5) is 11.4 Å². The van der Waals surface area contributed by atoms with Gasteiger partial charge in [0.2, 0.25) is 5.91 Å². The van der Waals surface area contributed by atoms with Gasteiger partial charge in [0.05, 0.1) is 6.10 Å². The van der Waals surface area contributed by atoms with E-state index in [0.717, 1.165) is 12.8 Å². The van der Waals surface area contributed by atoms with Gasteiger partial charge in [-0.2, -0.15) is 0 Å². The quantitative estimate of drug-likeness (QED) is 0.736. The van der Waals surface area contributed by atoms with Crippen molar-refractivity contribution in [3.63, 3.8) is 0 Å². The Bertz CT molecular complexity index is 795. The minimum Gasteiger partial charge on any atom is -0.388 e. The number of hydrogen-bond donors (Lipinski definition) is 3. The number of aliphatic hydroxyl groups excluding tert-OH is 1. The first-order chi connectivity index (χ1) is 12.5. The van der Waals surface area contributed by atoms with Crippen LogP contribution in [0.15, 0.2) is 48.5 Å². The van der Waals surface area contributed by atoms with Crippen molar-refractivity contribution in [2.24, 2.45) is 11.8 Å². The molecule has 136 valence electrons. The smallest absolute Gasteiger partial charge is 0.255 e. The fourth-order valence-electron chi connectivity index (χ4n) is 2.72. The van der Waals surface area contributed by atoms with Gasteiger partial charge >= 0.3 is 0 Å². The zero-order chi connectivity index (χ0) is 18.7. The van der Waals surface area contributed by atoms with Crippen LogP contribution in [0.3, 0.4) is 0 Å². The molecule has 5 nitrogen and oxygen atoms in total. The van der Waals surface area contributed by atoms with Crippen molar-refractivity contribution in [1.29, 1.82) is 0 Å². The molecule has 0 saturated heterocycles. The minimum absolute atomic E-state index is 0.0406. The first kappa shape index (κ1) is 18.1. The van der Waals surface area contributed by atoms with Gasteiger partial charge in [0.25, 0.3) is 5.91 Å². The minimum atomic E-state index is -0.647. The highest BCUT2D eigenvalue weighted by Gasteiger charge is 2.29. The largest absolute Gasteiger partial charge is 0.388 e. The van der Waals surface area contributed by atoms with E-state index in [1.165, 1.54) is 0 Å². The van der Waals surface area contributed by atoms with Crippen molar-refractivity contribution in [2.45, 2.75) is 32.8 Å². The molecule has 0 bridgehead atoms. The maximum Gasteiger partial charge on any atom is 0.255 e. The lowest BCUT2D eigenvalue weighted by Crippen LogP contribution is -2.16. The van der Waals surface area contributed by atoms with Crippen molar-refractivity contribution >= 4 is 23.2 Å². The number of amides is 2. The Hall–Kier alpha value is -2.66. The third-order valence-electron chi connectivity index (χ3n) is 4.52. The summed E-state index contributed by atoms with van der Waals surface area (Å²) < 4.78 is 0. The Balaban J connectivity index is 1.69. The molecule has 3 rings (SSSR count). The summed E-state index contributed by atoms with van der Waals surface area (Å²) in [5, 5.41) is 16.1. The lowest BCUT2D eigenvalue weighted by molar-refractivity contribution is -0.117. The summed E-state index contributed by atoms with van der Waals surface area (Å²) in [5.41, 5.74) is 2.48. The lowest BCUT2D eigenvalue weighted by atomic mass is 9.97. The summed E-state index contributed by atoms with van der Waals surface area (Å²) >= 11 is 0. The van der Waals surface area contributed by atoms with Gasteiger partial charge in [-0.05, 0) is 49.1 Å². The Kier molecular flexibility index (Phi) is 5.38. The van der Waals surface area contributed by atoms with E-state index in [9.17, 15) is 14.7 Å². The first-order valence-corrected chi connectivity index (χ1v) is 8.95. The summed E-state index contributed by atoms with van der Waals surface area (Å²) in [6.07, 6.45) is 1.26. The normalized spacial score (nSPS) is 14.8. The van der Waals surface area contributed by atoms with Crippen LogP contribution in [0.1, 0.15) is 48.7 Å². The molecule has 2 aromatic rings. The Morgan fingerprint density at radius 3 is 2.27 bits per heavy atom. The van der Waals surface area contributed by atoms with Gasteiger partial charge in [0.15, 0.2) is 0 Å². The van der Waals surface area contributed by atoms with E-state index in [2.05, 4.69) is 10.6 Å². The molecule has 3 N–H and O–H groups in total. The van der Waals surface area contributed by atoms with E-state index in [-0.39, 0.29) is 23.7 Å². The third kappa shape index (κ3) is 4.29. The molecule has 1 aliphatic carbocycles. The average Bonchev–Trinajstić information content (AvgIpc) is 3.47. The Morgan fingerprint density at radius 2 is 1.65 bits per heavy atom. The number of carbonyl (C=O) groups excluding carboxylic acids is 2. The second-order valence-corrected chi connectivity index (χ2v) is 7.07. The number of carbonyl (C=O) groups is 2. The van der Waals surface area contributed by atoms with Gasteiger partial charge in [0, 0.05) is 28.4 Å². The predicted molar refractivity (Wildman–Crippen MR) is 102 cm³/mol. The van der Waals surface area contributed by atoms with Crippen LogP contribution in [0.25, 0.3) is 0 Å². The fraction of sp³-hybridized carbons (Fsp3) is 0.333. The fourth-order valence-corrected chi connectivity index (χ4v) is 2.72. The van der Waals surface area contributed by atoms with Crippen LogP contribution in [0.5, 0.6) is 0 Å². The standard InChI is InChI=1S/C21H24N2O3/c1-13(2)19(24)17-5-3-4-6-18(17)23-21(26)15-9-11-16(12-10-15)22-20(25)14-7-8-14/h3-6,9-14,19,24H,7-8H2,1-2H3,(H,22,25)(H,23,26)/t19-/m1/s1. The van der Waals surface area contributed by atoms with Gasteiger partial charge in [-0.1, -0.05) is 32.0 Å². The van der Waals surface area contributed by atoms with Crippen LogP contribution in [0.2, 0.25) is 0 Å². The molecule has 0 radical (unpaired) electrons. The molecule has 0 aliphatic heterocycles. The molecule has 26 heavy (non-hydrogen) atoms. The number of benzene rings is 2. The molecule has 2 aromatic carbocycles. The summed E-state index contributed by atoms with van der Waals surface area (Å²) in [7, 11) is 0. The molecule has 0 unspecified atom stereocenters. The van der Waals surface area contributed by atoms with Crippen molar-refractivity contribution in [3.8, 4) is 0 Å². The Morgan fingerprint density at radius 1 is 1.00 bits per heavy atom. The van der Waals surface area contributed by atoms with Gasteiger partial charge in [-0.25, -0.2) is 0 Å². The van der Waals surface area contributed by atoms with Gasteiger partial charge in [-0.3, -0.25) is 9.59 Å². The maximum absolute atomic E-state index is 12.5. The molecule has 1 aliphatic rings. The van der Waals surface area contributed by atoms with Crippen LogP contribution in [-0.2, 0) is 4.79 Å². The summed E-state index contributed by atoms with van der Waals surface area (Å²) in [4.78, 5) is 24.3. The highest BCUT2D eigenvalue weighted by atomic mass is 16.3. The van der Waals surface area contributed by atoms with Crippen molar-refractivity contribution in [3.05, 3.63) is 59.7 Å². The zero-order valence-corrected chi connectivity index (χ0v) is 15.0. The second kappa shape index (κ2) is 7.70. The number of nitrogens with one attached hydrogen (secondary N) is 2. The molecule has 0 spiro atoms. The topological polar surface area (TPSA) is 78.4 Å². The van der Waals surface area contributed by atoms with E-state index in [4.69, 9.17) is 0 Å². The van der Waals surface area contributed by atoms with E-state index < -0.39 is 6.10 Å². The van der Waals surface area contributed by atoms with Crippen LogP contribution in [-0.4, -0.2) is 16.9 Å². The van der Waals surface area contributed by atoms with Crippen LogP contribution in [0, 0.1) is 11.8 Å². The van der Waals surface area contributed by atoms with E-state index in [0.29, 0.717) is 22.5 Å². The average molecular weight is 352 g/mol.